The van der Waals surface area contributed by atoms with Gasteiger partial charge in [0.1, 0.15) is 11.6 Å². The van der Waals surface area contributed by atoms with E-state index < -0.39 is 0 Å². The van der Waals surface area contributed by atoms with E-state index in [1.54, 1.807) is 6.08 Å². The molecule has 1 saturated heterocycles. The normalized spacial score (nSPS) is 18.5. The van der Waals surface area contributed by atoms with Crippen molar-refractivity contribution in [3.05, 3.63) is 65.3 Å². The Morgan fingerprint density at radius 3 is 2.88 bits per heavy atom. The van der Waals surface area contributed by atoms with Gasteiger partial charge in [-0.2, -0.15) is 0 Å². The molecule has 0 aromatic heterocycles. The highest BCUT2D eigenvalue weighted by Crippen LogP contribution is 2.21. The summed E-state index contributed by atoms with van der Waals surface area (Å²) < 4.78 is 13.9. The summed E-state index contributed by atoms with van der Waals surface area (Å²) in [4.78, 5) is 4.36. The fraction of sp³-hybridized carbons (Fsp3) is 0.316. The second-order valence-electron chi connectivity index (χ2n) is 5.86. The number of hydrogen-bond donors (Lipinski definition) is 2. The number of phenols is 1. The number of nitrogens with zero attached hydrogens (tertiary/aromatic N) is 2. The number of piperazine rings is 1. The van der Waals surface area contributed by atoms with Crippen molar-refractivity contribution in [3.63, 3.8) is 0 Å². The van der Waals surface area contributed by atoms with Gasteiger partial charge in [0.15, 0.2) is 0 Å². The summed E-state index contributed by atoms with van der Waals surface area (Å²) in [6.07, 6.45) is 8.99. The van der Waals surface area contributed by atoms with Gasteiger partial charge in [-0.1, -0.05) is 12.2 Å². The van der Waals surface area contributed by atoms with Gasteiger partial charge in [0.25, 0.3) is 0 Å². The Kier molecular flexibility index (Phi) is 6.32. The van der Waals surface area contributed by atoms with Gasteiger partial charge in [-0.05, 0) is 43.7 Å². The molecule has 2 rings (SSSR count). The van der Waals surface area contributed by atoms with Crippen LogP contribution in [0.25, 0.3) is 0 Å². The van der Waals surface area contributed by atoms with Crippen LogP contribution in [0.2, 0.25) is 0 Å². The minimum Gasteiger partial charge on any atom is -0.508 e. The van der Waals surface area contributed by atoms with Gasteiger partial charge in [0.05, 0.1) is 0 Å². The van der Waals surface area contributed by atoms with E-state index in [2.05, 4.69) is 22.1 Å². The highest BCUT2D eigenvalue weighted by molar-refractivity contribution is 5.68. The lowest BCUT2D eigenvalue weighted by molar-refractivity contribution is 0.199. The van der Waals surface area contributed by atoms with E-state index in [0.29, 0.717) is 12.1 Å². The van der Waals surface area contributed by atoms with Crippen LogP contribution in [-0.2, 0) is 6.54 Å². The van der Waals surface area contributed by atoms with Gasteiger partial charge in [0, 0.05) is 49.9 Å². The van der Waals surface area contributed by atoms with Gasteiger partial charge in [-0.15, -0.1) is 0 Å². The predicted octanol–water partition coefficient (Wildman–Crippen LogP) is 3.66. The first-order valence-corrected chi connectivity index (χ1v) is 8.00. The van der Waals surface area contributed by atoms with Gasteiger partial charge in [-0.25, -0.2) is 4.39 Å². The monoisotopic (exact) mass is 329 g/mol. The zero-order chi connectivity index (χ0) is 17.5. The summed E-state index contributed by atoms with van der Waals surface area (Å²) in [5.74, 6) is -0.197. The Labute approximate surface area is 142 Å². The summed E-state index contributed by atoms with van der Waals surface area (Å²) in [6, 6.07) is 4.16. The summed E-state index contributed by atoms with van der Waals surface area (Å²) in [6.45, 7) is 6.82. The summed E-state index contributed by atoms with van der Waals surface area (Å²) in [5.41, 5.74) is 2.74. The Bertz CT molecular complexity index is 679. The van der Waals surface area contributed by atoms with Crippen LogP contribution in [0.4, 0.5) is 4.39 Å². The fourth-order valence-electron chi connectivity index (χ4n) is 2.74. The quantitative estimate of drug-likeness (QED) is 0.640. The third-order valence-electron chi connectivity index (χ3n) is 3.98. The molecule has 1 aliphatic heterocycles. The molecule has 5 heteroatoms. The molecule has 1 aromatic carbocycles. The molecular formula is C19H24FN3O. The molecule has 0 bridgehead atoms. The van der Waals surface area contributed by atoms with Gasteiger partial charge >= 0.3 is 0 Å². The first-order valence-electron chi connectivity index (χ1n) is 8.00. The lowest BCUT2D eigenvalue weighted by Crippen LogP contribution is -2.42. The average Bonchev–Trinajstić information content (AvgIpc) is 2.57. The van der Waals surface area contributed by atoms with Crippen LogP contribution < -0.4 is 0 Å². The number of rotatable bonds is 5. The minimum atomic E-state index is -0.287. The molecule has 0 aliphatic carbocycles. The largest absolute Gasteiger partial charge is 0.508 e. The predicted molar refractivity (Wildman–Crippen MR) is 95.5 cm³/mol. The molecule has 1 aliphatic rings. The average molecular weight is 329 g/mol. The molecule has 24 heavy (non-hydrogen) atoms. The van der Waals surface area contributed by atoms with Gasteiger partial charge in [-0.3, -0.25) is 4.90 Å². The summed E-state index contributed by atoms with van der Waals surface area (Å²) in [5, 5.41) is 16.6. The van der Waals surface area contributed by atoms with Crippen LogP contribution in [0.5, 0.6) is 5.75 Å². The van der Waals surface area contributed by atoms with Gasteiger partial charge < -0.3 is 15.4 Å². The molecule has 0 unspecified atom stereocenters. The van der Waals surface area contributed by atoms with Crippen molar-refractivity contribution < 1.29 is 9.50 Å². The first-order chi connectivity index (χ1) is 11.5. The topological polar surface area (TPSA) is 50.6 Å². The zero-order valence-electron chi connectivity index (χ0n) is 14.2. The van der Waals surface area contributed by atoms with E-state index >= 15 is 0 Å². The third-order valence-corrected chi connectivity index (χ3v) is 3.98. The first kappa shape index (κ1) is 17.9. The second kappa shape index (κ2) is 8.45. The van der Waals surface area contributed by atoms with Crippen LogP contribution in [0.15, 0.2) is 53.9 Å². The van der Waals surface area contributed by atoms with E-state index in [1.807, 2.05) is 19.9 Å². The lowest BCUT2D eigenvalue weighted by atomic mass is 10.1. The van der Waals surface area contributed by atoms with Gasteiger partial charge in [0.2, 0.25) is 0 Å². The van der Waals surface area contributed by atoms with Crippen molar-refractivity contribution in [2.45, 2.75) is 20.4 Å². The van der Waals surface area contributed by atoms with Crippen molar-refractivity contribution in [1.29, 1.82) is 5.41 Å². The fourth-order valence-corrected chi connectivity index (χ4v) is 2.74. The SMILES string of the molecule is C/C=C1/CN(Cc2cc(O)ccc2F)CCN1/C=C(C)/C=C\C=N. The van der Waals surface area contributed by atoms with Crippen LogP contribution in [-0.4, -0.2) is 40.8 Å². The molecule has 1 aromatic rings. The smallest absolute Gasteiger partial charge is 0.127 e. The highest BCUT2D eigenvalue weighted by atomic mass is 19.1. The molecular weight excluding hydrogens is 305 g/mol. The molecule has 0 atom stereocenters. The Morgan fingerprint density at radius 1 is 1.38 bits per heavy atom. The number of aromatic hydroxyl groups is 1. The van der Waals surface area contributed by atoms with E-state index in [9.17, 15) is 9.50 Å². The van der Waals surface area contributed by atoms with E-state index in [0.717, 1.165) is 30.9 Å². The number of halogens is 1. The lowest BCUT2D eigenvalue weighted by Gasteiger charge is -2.36. The van der Waals surface area contributed by atoms with Crippen molar-refractivity contribution in [1.82, 2.24) is 9.80 Å². The van der Waals surface area contributed by atoms with Crippen molar-refractivity contribution in [2.24, 2.45) is 0 Å². The number of benzene rings is 1. The van der Waals surface area contributed by atoms with Crippen LogP contribution >= 0.6 is 0 Å². The number of allylic oxidation sites excluding steroid dienone is 4. The molecule has 0 radical (unpaired) electrons. The molecule has 0 amide bonds. The second-order valence-corrected chi connectivity index (χ2v) is 5.86. The molecule has 4 nitrogen and oxygen atoms in total. The minimum absolute atomic E-state index is 0.0906. The third kappa shape index (κ3) is 4.80. The molecule has 2 N–H and O–H groups in total. The van der Waals surface area contributed by atoms with Crippen molar-refractivity contribution in [3.8, 4) is 5.75 Å². The number of nitrogens with one attached hydrogen (secondary N) is 1. The zero-order valence-corrected chi connectivity index (χ0v) is 14.2. The van der Waals surface area contributed by atoms with Crippen LogP contribution in [0, 0.1) is 11.2 Å². The molecule has 0 saturated carbocycles. The Balaban J connectivity index is 2.06. The maximum absolute atomic E-state index is 13.9. The van der Waals surface area contributed by atoms with E-state index in [4.69, 9.17) is 5.41 Å². The van der Waals surface area contributed by atoms with Crippen molar-refractivity contribution in [2.75, 3.05) is 19.6 Å². The van der Waals surface area contributed by atoms with E-state index in [1.165, 1.54) is 24.4 Å². The maximum atomic E-state index is 13.9. The molecule has 1 fully saturated rings. The molecule has 1 heterocycles. The molecule has 128 valence electrons. The Hall–Kier alpha value is -2.40. The maximum Gasteiger partial charge on any atom is 0.127 e. The highest BCUT2D eigenvalue weighted by Gasteiger charge is 2.20. The molecule has 0 spiro atoms. The summed E-state index contributed by atoms with van der Waals surface area (Å²) in [7, 11) is 0. The standard InChI is InChI=1S/C19H24FN3O/c1-3-17-14-22(13-16-11-18(24)6-7-19(16)20)9-10-23(17)12-15(2)5-4-8-21/h3-8,11-12,21,24H,9-10,13-14H2,1-2H3/b5-4-,15-12+,17-3-,21-8?. The van der Waals surface area contributed by atoms with Crippen molar-refractivity contribution >= 4 is 6.21 Å². The van der Waals surface area contributed by atoms with E-state index in [-0.39, 0.29) is 11.6 Å². The van der Waals surface area contributed by atoms with Crippen LogP contribution in [0.1, 0.15) is 19.4 Å². The number of hydrogen-bond acceptors (Lipinski definition) is 4. The summed E-state index contributed by atoms with van der Waals surface area (Å²) >= 11 is 0. The van der Waals surface area contributed by atoms with Crippen LogP contribution in [0.3, 0.4) is 0 Å². The number of phenolic OH excluding ortho intramolecular Hbond substituents is 1. The Morgan fingerprint density at radius 2 is 2.17 bits per heavy atom.